The van der Waals surface area contributed by atoms with Gasteiger partial charge in [-0.15, -0.1) is 0 Å². The van der Waals surface area contributed by atoms with Crippen LogP contribution in [0.5, 0.6) is 11.5 Å². The van der Waals surface area contributed by atoms with Gasteiger partial charge in [-0.25, -0.2) is 0 Å². The first-order chi connectivity index (χ1) is 19.2. The van der Waals surface area contributed by atoms with Gasteiger partial charge in [0.1, 0.15) is 24.2 Å². The summed E-state index contributed by atoms with van der Waals surface area (Å²) in [5.41, 5.74) is 1.69. The Kier molecular flexibility index (Phi) is 12.2. The van der Waals surface area contributed by atoms with Gasteiger partial charge >= 0.3 is 5.97 Å². The van der Waals surface area contributed by atoms with Crippen LogP contribution < -0.4 is 4.74 Å². The standard InChI is InChI=1S/C34H48O5/c1-2-3-4-5-6-7-8-9-10-11-12-13-14-15-16-25-33(35)36-26-28-27-37-34(39-28)29-21-17-19-23-31(29)38-32-24-20-18-22-30(32)34/h17-24,28H,2-16,25-27H2,1H3/t28-/m0/s1. The van der Waals surface area contributed by atoms with E-state index in [-0.39, 0.29) is 18.7 Å². The average Bonchev–Trinajstić information content (AvgIpc) is 3.39. The monoisotopic (exact) mass is 536 g/mol. The van der Waals surface area contributed by atoms with Crippen molar-refractivity contribution in [1.82, 2.24) is 0 Å². The van der Waals surface area contributed by atoms with Crippen LogP contribution in [0.1, 0.15) is 121 Å². The molecule has 2 aromatic rings. The van der Waals surface area contributed by atoms with E-state index in [1.54, 1.807) is 0 Å². The summed E-state index contributed by atoms with van der Waals surface area (Å²) in [4.78, 5) is 12.4. The highest BCUT2D eigenvalue weighted by Gasteiger charge is 2.50. The van der Waals surface area contributed by atoms with Gasteiger partial charge in [0.05, 0.1) is 17.7 Å². The number of fused-ring (bicyclic) bond motifs is 4. The fraction of sp³-hybridized carbons (Fsp3) is 0.618. The first-order valence-electron chi connectivity index (χ1n) is 15.6. The Morgan fingerprint density at radius 3 is 1.77 bits per heavy atom. The van der Waals surface area contributed by atoms with Crippen LogP contribution in [-0.4, -0.2) is 25.3 Å². The Bertz CT molecular complexity index is 957. The fourth-order valence-corrected chi connectivity index (χ4v) is 5.70. The van der Waals surface area contributed by atoms with E-state index in [4.69, 9.17) is 18.9 Å². The molecule has 2 aliphatic heterocycles. The molecule has 0 N–H and O–H groups in total. The maximum atomic E-state index is 12.4. The molecular weight excluding hydrogens is 488 g/mol. The van der Waals surface area contributed by atoms with Gasteiger partial charge in [-0.1, -0.05) is 121 Å². The lowest BCUT2D eigenvalue weighted by molar-refractivity contribution is -0.162. The largest absolute Gasteiger partial charge is 0.463 e. The maximum Gasteiger partial charge on any atom is 0.305 e. The highest BCUT2D eigenvalue weighted by Crippen LogP contribution is 2.52. The fourth-order valence-electron chi connectivity index (χ4n) is 5.70. The Labute approximate surface area is 235 Å². The molecule has 0 radical (unpaired) electrons. The van der Waals surface area contributed by atoms with Crippen molar-refractivity contribution in [3.8, 4) is 11.5 Å². The van der Waals surface area contributed by atoms with E-state index in [0.717, 1.165) is 35.5 Å². The molecule has 5 heteroatoms. The number of carbonyl (C=O) groups is 1. The molecule has 1 saturated heterocycles. The number of benzene rings is 2. The minimum atomic E-state index is -1.03. The number of carbonyl (C=O) groups excluding carboxylic acids is 1. The summed E-state index contributed by atoms with van der Waals surface area (Å²) in [6.45, 7) is 2.83. The SMILES string of the molecule is CCCCCCCCCCCCCCCCCC(=O)OC[C@H]1COC2(O1)c1ccccc1Oc1ccccc12. The first-order valence-corrected chi connectivity index (χ1v) is 15.6. The second-order valence-electron chi connectivity index (χ2n) is 11.1. The van der Waals surface area contributed by atoms with Crippen molar-refractivity contribution in [2.75, 3.05) is 13.2 Å². The minimum Gasteiger partial charge on any atom is -0.463 e. The lowest BCUT2D eigenvalue weighted by Crippen LogP contribution is -2.33. The van der Waals surface area contributed by atoms with Gasteiger partial charge in [-0.05, 0) is 30.7 Å². The molecule has 0 bridgehead atoms. The number of unbranched alkanes of at least 4 members (excludes halogenated alkanes) is 14. The van der Waals surface area contributed by atoms with Gasteiger partial charge in [0.2, 0.25) is 5.79 Å². The van der Waals surface area contributed by atoms with Gasteiger partial charge in [0.15, 0.2) is 0 Å². The van der Waals surface area contributed by atoms with Crippen LogP contribution in [0.15, 0.2) is 48.5 Å². The van der Waals surface area contributed by atoms with E-state index in [1.807, 2.05) is 48.5 Å². The molecule has 0 amide bonds. The van der Waals surface area contributed by atoms with E-state index in [2.05, 4.69) is 6.92 Å². The van der Waals surface area contributed by atoms with Crippen LogP contribution in [0.25, 0.3) is 0 Å². The zero-order valence-corrected chi connectivity index (χ0v) is 24.0. The molecular formula is C34H48O5. The quantitative estimate of drug-likeness (QED) is 0.140. The smallest absolute Gasteiger partial charge is 0.305 e. The van der Waals surface area contributed by atoms with Crippen LogP contribution in [0, 0.1) is 0 Å². The Hall–Kier alpha value is -2.37. The van der Waals surface area contributed by atoms with Crippen molar-refractivity contribution in [3.05, 3.63) is 59.7 Å². The topological polar surface area (TPSA) is 54.0 Å². The van der Waals surface area contributed by atoms with Crippen LogP contribution in [0.2, 0.25) is 0 Å². The molecule has 0 saturated carbocycles. The van der Waals surface area contributed by atoms with E-state index < -0.39 is 5.79 Å². The first kappa shape index (κ1) is 29.6. The molecule has 2 heterocycles. The molecule has 1 atom stereocenters. The zero-order chi connectivity index (χ0) is 27.2. The minimum absolute atomic E-state index is 0.151. The lowest BCUT2D eigenvalue weighted by Gasteiger charge is -2.35. The summed E-state index contributed by atoms with van der Waals surface area (Å²) in [6.07, 6.45) is 19.8. The number of hydrogen-bond donors (Lipinski definition) is 0. The molecule has 2 aliphatic rings. The summed E-state index contributed by atoms with van der Waals surface area (Å²) in [7, 11) is 0. The molecule has 1 fully saturated rings. The molecule has 2 aromatic carbocycles. The van der Waals surface area contributed by atoms with Crippen molar-refractivity contribution >= 4 is 5.97 Å². The van der Waals surface area contributed by atoms with Crippen LogP contribution in [-0.2, 0) is 24.8 Å². The van der Waals surface area contributed by atoms with Crippen molar-refractivity contribution < 1.29 is 23.7 Å². The Morgan fingerprint density at radius 1 is 0.744 bits per heavy atom. The van der Waals surface area contributed by atoms with Gasteiger partial charge in [0, 0.05) is 6.42 Å². The molecule has 1 spiro atoms. The van der Waals surface area contributed by atoms with Gasteiger partial charge in [0.25, 0.3) is 0 Å². The third kappa shape index (κ3) is 8.56. The third-order valence-electron chi connectivity index (χ3n) is 7.92. The van der Waals surface area contributed by atoms with E-state index in [0.29, 0.717) is 13.0 Å². The number of hydrogen-bond acceptors (Lipinski definition) is 5. The molecule has 214 valence electrons. The normalized spacial score (nSPS) is 17.0. The predicted molar refractivity (Wildman–Crippen MR) is 155 cm³/mol. The second kappa shape index (κ2) is 16.0. The van der Waals surface area contributed by atoms with Crippen LogP contribution in [0.4, 0.5) is 0 Å². The average molecular weight is 537 g/mol. The Morgan fingerprint density at radius 2 is 1.23 bits per heavy atom. The van der Waals surface area contributed by atoms with Crippen LogP contribution >= 0.6 is 0 Å². The van der Waals surface area contributed by atoms with E-state index >= 15 is 0 Å². The number of ether oxygens (including phenoxy) is 4. The number of esters is 1. The van der Waals surface area contributed by atoms with Crippen LogP contribution in [0.3, 0.4) is 0 Å². The highest BCUT2D eigenvalue weighted by atomic mass is 16.8. The summed E-state index contributed by atoms with van der Waals surface area (Å²) >= 11 is 0. The molecule has 5 nitrogen and oxygen atoms in total. The highest BCUT2D eigenvalue weighted by molar-refractivity contribution is 5.69. The molecule has 0 aliphatic carbocycles. The lowest BCUT2D eigenvalue weighted by atomic mass is 9.93. The zero-order valence-electron chi connectivity index (χ0n) is 24.0. The number of para-hydroxylation sites is 2. The second-order valence-corrected chi connectivity index (χ2v) is 11.1. The third-order valence-corrected chi connectivity index (χ3v) is 7.92. The van der Waals surface area contributed by atoms with Gasteiger partial charge in [-0.3, -0.25) is 4.79 Å². The Balaban J connectivity index is 1.05. The maximum absolute atomic E-state index is 12.4. The van der Waals surface area contributed by atoms with Crippen molar-refractivity contribution in [2.24, 2.45) is 0 Å². The van der Waals surface area contributed by atoms with Crippen molar-refractivity contribution in [2.45, 2.75) is 122 Å². The molecule has 39 heavy (non-hydrogen) atoms. The van der Waals surface area contributed by atoms with Crippen molar-refractivity contribution in [3.63, 3.8) is 0 Å². The summed E-state index contributed by atoms with van der Waals surface area (Å²) < 4.78 is 24.4. The van der Waals surface area contributed by atoms with Gasteiger partial charge < -0.3 is 18.9 Å². The summed E-state index contributed by atoms with van der Waals surface area (Å²) in [5, 5.41) is 0. The molecule has 4 rings (SSSR count). The molecule has 0 aromatic heterocycles. The summed E-state index contributed by atoms with van der Waals surface area (Å²) in [6, 6.07) is 15.6. The molecule has 0 unspecified atom stereocenters. The van der Waals surface area contributed by atoms with Gasteiger partial charge in [-0.2, -0.15) is 0 Å². The van der Waals surface area contributed by atoms with E-state index in [1.165, 1.54) is 83.5 Å². The number of rotatable bonds is 18. The van der Waals surface area contributed by atoms with Crippen molar-refractivity contribution in [1.29, 1.82) is 0 Å². The summed E-state index contributed by atoms with van der Waals surface area (Å²) in [5.74, 6) is 0.266. The van der Waals surface area contributed by atoms with E-state index in [9.17, 15) is 4.79 Å². The predicted octanol–water partition coefficient (Wildman–Crippen LogP) is 9.21.